The fourth-order valence-corrected chi connectivity index (χ4v) is 7.77. The molecule has 1 fully saturated rings. The maximum atomic E-state index is 13.7. The van der Waals surface area contributed by atoms with E-state index in [0.29, 0.717) is 99.6 Å². The van der Waals surface area contributed by atoms with Crippen LogP contribution in [0, 0.1) is 12.8 Å². The van der Waals surface area contributed by atoms with E-state index in [0.717, 1.165) is 37.7 Å². The van der Waals surface area contributed by atoms with Crippen LogP contribution in [-0.2, 0) is 57.8 Å². The molecule has 1 aromatic carbocycles. The van der Waals surface area contributed by atoms with E-state index >= 15 is 0 Å². The number of nitrogens with zero attached hydrogens (tertiary/aromatic N) is 5. The van der Waals surface area contributed by atoms with Gasteiger partial charge in [0.25, 0.3) is 0 Å². The smallest absolute Gasteiger partial charge is 0.410 e. The fraction of sp³-hybridized carbons (Fsp3) is 0.580. The van der Waals surface area contributed by atoms with Gasteiger partial charge in [0, 0.05) is 77.1 Å². The monoisotopic (exact) mass is 1030 g/mol. The van der Waals surface area contributed by atoms with Crippen LogP contribution < -0.4 is 44.2 Å². The minimum absolute atomic E-state index is 0.0119. The zero-order chi connectivity index (χ0) is 53.2. The summed E-state index contributed by atoms with van der Waals surface area (Å²) in [7, 11) is 0. The number of imidazole rings is 1. The normalized spacial score (nSPS) is 13.3. The molecule has 74 heavy (non-hydrogen) atoms. The van der Waals surface area contributed by atoms with E-state index < -0.39 is 36.0 Å². The third-order valence-electron chi connectivity index (χ3n) is 12.0. The van der Waals surface area contributed by atoms with Crippen LogP contribution >= 0.6 is 0 Å². The molecule has 1 aliphatic rings. The summed E-state index contributed by atoms with van der Waals surface area (Å²) in [5, 5.41) is 10.9. The SMILES string of the molecule is Cc1nc(N)c2[nH]c(=O)n(Cc3ccc(CN(C(=O)OCc4ccc(NC(=O)[C@H](CCCNC(N)=O)NC(=O)[C@@H](NC(=O)CCOCCCOCCCOCCCOCCN)C(C)C)cc4)C4CCC4)cn3)c2n1. The number of pyridine rings is 1. The van der Waals surface area contributed by atoms with Crippen LogP contribution in [0.4, 0.5) is 21.1 Å². The molecule has 6 amide bonds. The number of ether oxygens (including phenoxy) is 5. The number of anilines is 2. The van der Waals surface area contributed by atoms with Crippen LogP contribution in [0.5, 0.6) is 0 Å². The van der Waals surface area contributed by atoms with Gasteiger partial charge in [-0.25, -0.2) is 24.4 Å². The molecule has 1 saturated carbocycles. The lowest BCUT2D eigenvalue weighted by atomic mass is 9.91. The van der Waals surface area contributed by atoms with Gasteiger partial charge in [0.1, 0.15) is 30.0 Å². The Morgan fingerprint density at radius 2 is 1.49 bits per heavy atom. The molecule has 3 aromatic heterocycles. The Kier molecular flexibility index (Phi) is 24.4. The Morgan fingerprint density at radius 3 is 2.08 bits per heavy atom. The van der Waals surface area contributed by atoms with E-state index in [2.05, 4.69) is 41.2 Å². The largest absolute Gasteiger partial charge is 0.445 e. The number of aryl methyl sites for hydroxylation is 1. The maximum Gasteiger partial charge on any atom is 0.410 e. The number of benzene rings is 1. The molecule has 24 heteroatoms. The Hall–Kier alpha value is -6.73. The van der Waals surface area contributed by atoms with Gasteiger partial charge in [0.2, 0.25) is 17.7 Å². The zero-order valence-electron chi connectivity index (χ0n) is 42.9. The van der Waals surface area contributed by atoms with Crippen molar-refractivity contribution in [2.45, 2.75) is 116 Å². The number of carbonyl (C=O) groups is 5. The summed E-state index contributed by atoms with van der Waals surface area (Å²) in [4.78, 5) is 95.3. The quantitative estimate of drug-likeness (QED) is 0.0312. The molecular weight excluding hydrogens is 959 g/mol. The van der Waals surface area contributed by atoms with E-state index in [1.165, 1.54) is 4.57 Å². The molecule has 2 atom stereocenters. The van der Waals surface area contributed by atoms with Crippen molar-refractivity contribution < 1.29 is 47.7 Å². The fourth-order valence-electron chi connectivity index (χ4n) is 7.77. The van der Waals surface area contributed by atoms with Crippen LogP contribution in [0.2, 0.25) is 0 Å². The lowest BCUT2D eigenvalue weighted by Gasteiger charge is -2.36. The van der Waals surface area contributed by atoms with Gasteiger partial charge in [-0.1, -0.05) is 32.0 Å². The second kappa shape index (κ2) is 31.1. The molecule has 3 heterocycles. The predicted molar refractivity (Wildman–Crippen MR) is 275 cm³/mol. The Labute approximate surface area is 430 Å². The standard InChI is InChI=1S/C50H75N13O11/c1-33(2)42(60-41(64)18-27-72-25-7-23-70-21-6-22-71-24-8-26-73-28-19-51)47(66)59-40(11-5-20-54-48(53)67)46(65)58-37-15-12-35(13-16-37)32-74-50(69)62(39-9-4-10-39)30-36-14-17-38(55-29-36)31-63-45-43(61-49(63)68)44(52)56-34(3)57-45/h12-17,29,33,39-40,42H,4-11,18-28,30-32,51H2,1-3H3,(H,58,65)(H,59,66)(H,60,64)(H,61,68)(H2,52,56,57)(H3,53,54,67)/t40-,42-/m0/s1. The van der Waals surface area contributed by atoms with Crippen molar-refractivity contribution in [2.75, 3.05) is 77.0 Å². The number of nitrogens with one attached hydrogen (secondary N) is 5. The highest BCUT2D eigenvalue weighted by Crippen LogP contribution is 2.27. The van der Waals surface area contributed by atoms with Crippen molar-refractivity contribution in [1.29, 1.82) is 0 Å². The number of fused-ring (bicyclic) bond motifs is 1. The number of nitrogens with two attached hydrogens (primary N) is 3. The van der Waals surface area contributed by atoms with Gasteiger partial charge in [-0.2, -0.15) is 0 Å². The third kappa shape index (κ3) is 19.6. The van der Waals surface area contributed by atoms with Crippen LogP contribution in [0.3, 0.4) is 0 Å². The van der Waals surface area contributed by atoms with E-state index in [1.54, 1.807) is 62.2 Å². The number of nitrogen functional groups attached to an aromatic ring is 1. The number of urea groups is 1. The molecule has 24 nitrogen and oxygen atoms in total. The molecule has 0 radical (unpaired) electrons. The molecule has 0 aliphatic heterocycles. The van der Waals surface area contributed by atoms with Crippen molar-refractivity contribution in [3.8, 4) is 0 Å². The summed E-state index contributed by atoms with van der Waals surface area (Å²) in [5.41, 5.74) is 19.5. The average molecular weight is 1030 g/mol. The zero-order valence-corrected chi connectivity index (χ0v) is 42.9. The Bertz CT molecular complexity index is 2450. The topological polar surface area (TPSA) is 337 Å². The number of rotatable bonds is 34. The highest BCUT2D eigenvalue weighted by molar-refractivity contribution is 5.98. The number of H-pyrrole nitrogens is 1. The van der Waals surface area contributed by atoms with E-state index in [4.69, 9.17) is 40.9 Å². The molecule has 0 unspecified atom stereocenters. The van der Waals surface area contributed by atoms with Crippen molar-refractivity contribution in [3.63, 3.8) is 0 Å². The summed E-state index contributed by atoms with van der Waals surface area (Å²) < 4.78 is 29.3. The van der Waals surface area contributed by atoms with E-state index in [-0.39, 0.29) is 75.1 Å². The second-order valence-corrected chi connectivity index (χ2v) is 18.3. The second-order valence-electron chi connectivity index (χ2n) is 18.3. The molecule has 1 aliphatic carbocycles. The van der Waals surface area contributed by atoms with Crippen LogP contribution in [0.1, 0.15) is 94.3 Å². The minimum Gasteiger partial charge on any atom is -0.445 e. The van der Waals surface area contributed by atoms with Gasteiger partial charge in [0.05, 0.1) is 32.0 Å². The summed E-state index contributed by atoms with van der Waals surface area (Å²) in [6.07, 6.45) is 6.63. The van der Waals surface area contributed by atoms with Crippen molar-refractivity contribution in [3.05, 3.63) is 75.7 Å². The van der Waals surface area contributed by atoms with Gasteiger partial charge in [-0.3, -0.25) is 23.9 Å². The van der Waals surface area contributed by atoms with Gasteiger partial charge in [-0.05, 0) is 93.5 Å². The van der Waals surface area contributed by atoms with Crippen LogP contribution in [-0.4, -0.2) is 143 Å². The molecule has 0 spiro atoms. The molecule has 0 saturated heterocycles. The highest BCUT2D eigenvalue weighted by atomic mass is 16.6. The molecule has 4 aromatic rings. The molecular formula is C50H75N13O11. The van der Waals surface area contributed by atoms with Gasteiger partial charge in [-0.15, -0.1) is 0 Å². The van der Waals surface area contributed by atoms with Crippen molar-refractivity contribution in [2.24, 2.45) is 17.4 Å². The summed E-state index contributed by atoms with van der Waals surface area (Å²) in [6.45, 7) is 10.4. The van der Waals surface area contributed by atoms with Gasteiger partial charge >= 0.3 is 17.8 Å². The van der Waals surface area contributed by atoms with E-state index in [1.807, 2.05) is 6.07 Å². The third-order valence-corrected chi connectivity index (χ3v) is 12.0. The van der Waals surface area contributed by atoms with Crippen molar-refractivity contribution >= 4 is 52.5 Å². The molecule has 406 valence electrons. The molecule has 0 bridgehead atoms. The first-order chi connectivity index (χ1) is 35.7. The minimum atomic E-state index is -1.03. The summed E-state index contributed by atoms with van der Waals surface area (Å²) in [6, 6.07) is 7.73. The lowest BCUT2D eigenvalue weighted by molar-refractivity contribution is -0.132. The lowest BCUT2D eigenvalue weighted by Crippen LogP contribution is -2.54. The Morgan fingerprint density at radius 1 is 0.838 bits per heavy atom. The summed E-state index contributed by atoms with van der Waals surface area (Å²) >= 11 is 0. The van der Waals surface area contributed by atoms with Gasteiger partial charge in [0.15, 0.2) is 11.5 Å². The molecule has 5 rings (SSSR count). The van der Waals surface area contributed by atoms with Crippen LogP contribution in [0.15, 0.2) is 47.4 Å². The molecule has 11 N–H and O–H groups in total. The number of primary amides is 1. The number of carbonyl (C=O) groups excluding carboxylic acids is 5. The number of aromatic amines is 1. The first-order valence-electron chi connectivity index (χ1n) is 25.4. The van der Waals surface area contributed by atoms with E-state index in [9.17, 15) is 28.8 Å². The summed E-state index contributed by atoms with van der Waals surface area (Å²) in [5.74, 6) is -1.13. The number of amides is 6. The number of hydrogen-bond acceptors (Lipinski definition) is 16. The highest BCUT2D eigenvalue weighted by Gasteiger charge is 2.31. The van der Waals surface area contributed by atoms with Crippen molar-refractivity contribution in [1.82, 2.24) is 45.4 Å². The number of aromatic nitrogens is 5. The first kappa shape index (κ1) is 58.2. The predicted octanol–water partition coefficient (Wildman–Crippen LogP) is 2.74. The maximum absolute atomic E-state index is 13.7. The van der Waals surface area contributed by atoms with Gasteiger partial charge < -0.3 is 72.0 Å². The first-order valence-corrected chi connectivity index (χ1v) is 25.4. The average Bonchev–Trinajstić information content (AvgIpc) is 3.66. The Balaban J connectivity index is 1.05. The number of hydrogen-bond donors (Lipinski definition) is 8. The van der Waals surface area contributed by atoms with Crippen LogP contribution in [0.25, 0.3) is 11.2 Å².